The standard InChI is InChI=1S/C19H21N3O3/c1-12(2)17(23)21-22-19(25)15-6-4-5-7-16(15)20-18(24)14-10-8-13(3)9-11-14/h4-12H,1-3H3,(H,20,24)(H,21,23)(H,22,25). The predicted octanol–water partition coefficient (Wildman–Crippen LogP) is 2.66. The van der Waals surface area contributed by atoms with Gasteiger partial charge in [0.1, 0.15) is 0 Å². The SMILES string of the molecule is Cc1ccc(C(=O)Nc2ccccc2C(=O)NNC(=O)C(C)C)cc1. The first-order chi connectivity index (χ1) is 11.9. The zero-order valence-corrected chi connectivity index (χ0v) is 14.4. The van der Waals surface area contributed by atoms with Crippen LogP contribution in [0.1, 0.15) is 40.1 Å². The topological polar surface area (TPSA) is 87.3 Å². The Balaban J connectivity index is 2.12. The maximum atomic E-state index is 12.3. The predicted molar refractivity (Wildman–Crippen MR) is 96.0 cm³/mol. The third-order valence-electron chi connectivity index (χ3n) is 3.56. The molecule has 0 unspecified atom stereocenters. The summed E-state index contributed by atoms with van der Waals surface area (Å²) in [6, 6.07) is 13.7. The lowest BCUT2D eigenvalue weighted by atomic mass is 10.1. The Hall–Kier alpha value is -3.15. The third kappa shape index (κ3) is 4.91. The molecule has 25 heavy (non-hydrogen) atoms. The van der Waals surface area contributed by atoms with Crippen molar-refractivity contribution >= 4 is 23.4 Å². The Morgan fingerprint density at radius 3 is 2.12 bits per heavy atom. The van der Waals surface area contributed by atoms with Crippen LogP contribution in [0.5, 0.6) is 0 Å². The van der Waals surface area contributed by atoms with E-state index >= 15 is 0 Å². The van der Waals surface area contributed by atoms with Gasteiger partial charge in [0.25, 0.3) is 11.8 Å². The van der Waals surface area contributed by atoms with E-state index < -0.39 is 5.91 Å². The van der Waals surface area contributed by atoms with E-state index in [4.69, 9.17) is 0 Å². The van der Waals surface area contributed by atoms with Crippen LogP contribution in [-0.4, -0.2) is 17.7 Å². The van der Waals surface area contributed by atoms with Crippen LogP contribution in [0, 0.1) is 12.8 Å². The molecule has 0 aliphatic heterocycles. The lowest BCUT2D eigenvalue weighted by Crippen LogP contribution is -2.43. The van der Waals surface area contributed by atoms with E-state index in [2.05, 4.69) is 16.2 Å². The molecule has 2 rings (SSSR count). The number of hydrogen-bond donors (Lipinski definition) is 3. The molecule has 0 spiro atoms. The van der Waals surface area contributed by atoms with Crippen LogP contribution in [0.4, 0.5) is 5.69 Å². The van der Waals surface area contributed by atoms with Crippen LogP contribution >= 0.6 is 0 Å². The minimum absolute atomic E-state index is 0.253. The van der Waals surface area contributed by atoms with Crippen LogP contribution in [0.3, 0.4) is 0 Å². The number of carbonyl (C=O) groups is 3. The number of hydrogen-bond acceptors (Lipinski definition) is 3. The van der Waals surface area contributed by atoms with Gasteiger partial charge in [-0.15, -0.1) is 0 Å². The molecule has 0 radical (unpaired) electrons. The van der Waals surface area contributed by atoms with Gasteiger partial charge < -0.3 is 5.32 Å². The van der Waals surface area contributed by atoms with Gasteiger partial charge in [-0.05, 0) is 31.2 Å². The van der Waals surface area contributed by atoms with Gasteiger partial charge in [0.2, 0.25) is 5.91 Å². The third-order valence-corrected chi connectivity index (χ3v) is 3.56. The number of rotatable bonds is 4. The van der Waals surface area contributed by atoms with Crippen molar-refractivity contribution in [2.75, 3.05) is 5.32 Å². The van der Waals surface area contributed by atoms with E-state index in [0.717, 1.165) is 5.56 Å². The van der Waals surface area contributed by atoms with Crippen LogP contribution in [-0.2, 0) is 4.79 Å². The lowest BCUT2D eigenvalue weighted by Gasteiger charge is -2.13. The smallest absolute Gasteiger partial charge is 0.271 e. The molecule has 130 valence electrons. The van der Waals surface area contributed by atoms with Crippen molar-refractivity contribution in [2.45, 2.75) is 20.8 Å². The largest absolute Gasteiger partial charge is 0.321 e. The number of amides is 3. The Labute approximate surface area is 146 Å². The lowest BCUT2D eigenvalue weighted by molar-refractivity contribution is -0.124. The summed E-state index contributed by atoms with van der Waals surface area (Å²) in [5.74, 6) is -1.37. The summed E-state index contributed by atoms with van der Waals surface area (Å²) in [6.07, 6.45) is 0. The molecular formula is C19H21N3O3. The highest BCUT2D eigenvalue weighted by Crippen LogP contribution is 2.16. The van der Waals surface area contributed by atoms with Gasteiger partial charge in [-0.3, -0.25) is 25.2 Å². The van der Waals surface area contributed by atoms with Crippen LogP contribution in [0.15, 0.2) is 48.5 Å². The number of benzene rings is 2. The van der Waals surface area contributed by atoms with Crippen molar-refractivity contribution in [1.29, 1.82) is 0 Å². The summed E-state index contributed by atoms with van der Waals surface area (Å²) in [5.41, 5.74) is 6.87. The zero-order chi connectivity index (χ0) is 18.4. The molecule has 3 N–H and O–H groups in total. The second kappa shape index (κ2) is 8.10. The Morgan fingerprint density at radius 1 is 0.840 bits per heavy atom. The van der Waals surface area contributed by atoms with Crippen molar-refractivity contribution in [1.82, 2.24) is 10.9 Å². The van der Waals surface area contributed by atoms with Gasteiger partial charge >= 0.3 is 0 Å². The minimum atomic E-state index is -0.506. The Morgan fingerprint density at radius 2 is 1.48 bits per heavy atom. The minimum Gasteiger partial charge on any atom is -0.321 e. The highest BCUT2D eigenvalue weighted by atomic mass is 16.2. The van der Waals surface area contributed by atoms with Crippen LogP contribution < -0.4 is 16.2 Å². The molecule has 6 nitrogen and oxygen atoms in total. The van der Waals surface area contributed by atoms with Gasteiger partial charge in [-0.2, -0.15) is 0 Å². The molecule has 0 heterocycles. The van der Waals surface area contributed by atoms with Crippen LogP contribution in [0.2, 0.25) is 0 Å². The number of hydrazine groups is 1. The molecule has 3 amide bonds. The fraction of sp³-hybridized carbons (Fsp3) is 0.211. The van der Waals surface area contributed by atoms with Gasteiger partial charge in [0.05, 0.1) is 11.3 Å². The first kappa shape index (κ1) is 18.2. The summed E-state index contributed by atoms with van der Waals surface area (Å²) in [7, 11) is 0. The van der Waals surface area contributed by atoms with E-state index in [1.54, 1.807) is 50.2 Å². The number of aryl methyl sites for hydroxylation is 1. The number of para-hydroxylation sites is 1. The average molecular weight is 339 g/mol. The monoisotopic (exact) mass is 339 g/mol. The van der Waals surface area contributed by atoms with Gasteiger partial charge in [0, 0.05) is 11.5 Å². The van der Waals surface area contributed by atoms with Gasteiger partial charge in [-0.25, -0.2) is 0 Å². The summed E-state index contributed by atoms with van der Waals surface area (Å²) in [4.78, 5) is 36.2. The van der Waals surface area contributed by atoms with Crippen molar-refractivity contribution in [3.05, 3.63) is 65.2 Å². The molecule has 0 bridgehead atoms. The fourth-order valence-corrected chi connectivity index (χ4v) is 2.02. The van der Waals surface area contributed by atoms with Crippen molar-refractivity contribution in [3.63, 3.8) is 0 Å². The van der Waals surface area contributed by atoms with E-state index in [0.29, 0.717) is 11.3 Å². The summed E-state index contributed by atoms with van der Waals surface area (Å²) >= 11 is 0. The number of nitrogens with one attached hydrogen (secondary N) is 3. The summed E-state index contributed by atoms with van der Waals surface area (Å²) in [6.45, 7) is 5.38. The quantitative estimate of drug-likeness (QED) is 0.748. The molecule has 2 aromatic carbocycles. The molecule has 0 saturated carbocycles. The van der Waals surface area contributed by atoms with Crippen molar-refractivity contribution < 1.29 is 14.4 Å². The molecule has 0 atom stereocenters. The van der Waals surface area contributed by atoms with Crippen molar-refractivity contribution in [2.24, 2.45) is 5.92 Å². The Kier molecular flexibility index (Phi) is 5.89. The Bertz CT molecular complexity index is 783. The second-order valence-corrected chi connectivity index (χ2v) is 5.96. The highest BCUT2D eigenvalue weighted by Gasteiger charge is 2.15. The van der Waals surface area contributed by atoms with Gasteiger partial charge in [-0.1, -0.05) is 43.7 Å². The van der Waals surface area contributed by atoms with Gasteiger partial charge in [0.15, 0.2) is 0 Å². The number of carbonyl (C=O) groups excluding carboxylic acids is 3. The summed E-state index contributed by atoms with van der Waals surface area (Å²) < 4.78 is 0. The molecule has 0 aromatic heterocycles. The molecule has 6 heteroatoms. The molecule has 0 saturated heterocycles. The maximum absolute atomic E-state index is 12.3. The van der Waals surface area contributed by atoms with E-state index in [1.165, 1.54) is 0 Å². The zero-order valence-electron chi connectivity index (χ0n) is 14.4. The van der Waals surface area contributed by atoms with Crippen LogP contribution in [0.25, 0.3) is 0 Å². The first-order valence-corrected chi connectivity index (χ1v) is 7.95. The van der Waals surface area contributed by atoms with Crippen molar-refractivity contribution in [3.8, 4) is 0 Å². The fourth-order valence-electron chi connectivity index (χ4n) is 2.02. The normalized spacial score (nSPS) is 10.2. The second-order valence-electron chi connectivity index (χ2n) is 5.96. The van der Waals surface area contributed by atoms with E-state index in [-0.39, 0.29) is 23.3 Å². The average Bonchev–Trinajstić information content (AvgIpc) is 2.60. The summed E-state index contributed by atoms with van der Waals surface area (Å²) in [5, 5.41) is 2.73. The molecule has 0 aliphatic rings. The molecular weight excluding hydrogens is 318 g/mol. The highest BCUT2D eigenvalue weighted by molar-refractivity contribution is 6.09. The molecule has 0 aliphatic carbocycles. The van der Waals surface area contributed by atoms with E-state index in [1.807, 2.05) is 19.1 Å². The maximum Gasteiger partial charge on any atom is 0.271 e. The molecule has 0 fully saturated rings. The first-order valence-electron chi connectivity index (χ1n) is 7.95. The number of anilines is 1. The molecule has 2 aromatic rings. The van der Waals surface area contributed by atoms with E-state index in [9.17, 15) is 14.4 Å².